The molecular weight excluding hydrogens is 413 g/mol. The van der Waals surface area contributed by atoms with Crippen LogP contribution < -0.4 is 10.2 Å². The van der Waals surface area contributed by atoms with Gasteiger partial charge in [-0.25, -0.2) is 4.79 Å². The van der Waals surface area contributed by atoms with E-state index in [9.17, 15) is 4.79 Å². The molecule has 0 spiro atoms. The number of urea groups is 1. The molecule has 0 saturated carbocycles. The van der Waals surface area contributed by atoms with Crippen LogP contribution in [0.2, 0.25) is 0 Å². The van der Waals surface area contributed by atoms with Gasteiger partial charge in [0, 0.05) is 40.6 Å². The van der Waals surface area contributed by atoms with Crippen molar-refractivity contribution in [1.29, 1.82) is 0 Å². The number of piperazine rings is 1. The predicted molar refractivity (Wildman–Crippen MR) is 108 cm³/mol. The van der Waals surface area contributed by atoms with Crippen LogP contribution >= 0.6 is 22.6 Å². The molecule has 2 aromatic carbocycles. The summed E-state index contributed by atoms with van der Waals surface area (Å²) in [5.74, 6) is 0. The van der Waals surface area contributed by atoms with E-state index in [2.05, 4.69) is 70.9 Å². The second kappa shape index (κ2) is 7.42. The number of aryl methyl sites for hydroxylation is 1. The molecule has 1 aliphatic rings. The molecule has 1 heterocycles. The predicted octanol–water partition coefficient (Wildman–Crippen LogP) is 4.34. The number of nitrogens with one attached hydrogen (secondary N) is 1. The Hall–Kier alpha value is -1.76. The van der Waals surface area contributed by atoms with Gasteiger partial charge in [-0.15, -0.1) is 0 Å². The van der Waals surface area contributed by atoms with Crippen molar-refractivity contribution < 1.29 is 4.79 Å². The molecule has 1 aliphatic heterocycles. The van der Waals surface area contributed by atoms with Gasteiger partial charge in [-0.05, 0) is 72.3 Å². The molecule has 1 N–H and O–H groups in total. The fourth-order valence-corrected chi connectivity index (χ4v) is 3.64. The topological polar surface area (TPSA) is 35.6 Å². The Kier molecular flexibility index (Phi) is 5.28. The van der Waals surface area contributed by atoms with Crippen molar-refractivity contribution in [3.05, 3.63) is 57.7 Å². The summed E-state index contributed by atoms with van der Waals surface area (Å²) in [5.41, 5.74) is 3.35. The molecule has 126 valence electrons. The lowest BCUT2D eigenvalue weighted by Gasteiger charge is -2.41. The summed E-state index contributed by atoms with van der Waals surface area (Å²) in [7, 11) is 0. The monoisotopic (exact) mass is 435 g/mol. The Morgan fingerprint density at radius 2 is 1.96 bits per heavy atom. The number of hydrogen-bond donors (Lipinski definition) is 1. The highest BCUT2D eigenvalue weighted by molar-refractivity contribution is 14.1. The molecule has 0 aromatic heterocycles. The molecule has 2 aromatic rings. The first kappa shape index (κ1) is 17.1. The molecule has 4 nitrogen and oxygen atoms in total. The Morgan fingerprint density at radius 1 is 1.17 bits per heavy atom. The van der Waals surface area contributed by atoms with Crippen LogP contribution in [0.1, 0.15) is 12.5 Å². The van der Waals surface area contributed by atoms with Gasteiger partial charge < -0.3 is 15.1 Å². The zero-order valence-electron chi connectivity index (χ0n) is 14.0. The summed E-state index contributed by atoms with van der Waals surface area (Å²) in [6.45, 7) is 6.59. The smallest absolute Gasteiger partial charge is 0.321 e. The van der Waals surface area contributed by atoms with E-state index in [0.29, 0.717) is 6.04 Å². The zero-order chi connectivity index (χ0) is 17.1. The third-order valence-corrected chi connectivity index (χ3v) is 4.99. The Bertz CT molecular complexity index is 734. The van der Waals surface area contributed by atoms with Crippen LogP contribution in [0.15, 0.2) is 48.5 Å². The number of nitrogens with zero attached hydrogens (tertiary/aromatic N) is 2. The lowest BCUT2D eigenvalue weighted by Crippen LogP contribution is -2.54. The molecule has 1 saturated heterocycles. The summed E-state index contributed by atoms with van der Waals surface area (Å²) >= 11 is 2.25. The first-order chi connectivity index (χ1) is 11.5. The standard InChI is InChI=1S/C19H22IN3O/c1-14-5-3-8-18(11-14)23-10-9-22(13-15(23)2)19(24)21-17-7-4-6-16(20)12-17/h3-8,11-12,15H,9-10,13H2,1-2H3,(H,21,24). The van der Waals surface area contributed by atoms with Gasteiger partial charge >= 0.3 is 6.03 Å². The fourth-order valence-electron chi connectivity index (χ4n) is 3.10. The highest BCUT2D eigenvalue weighted by atomic mass is 127. The summed E-state index contributed by atoms with van der Waals surface area (Å²) in [4.78, 5) is 16.8. The third kappa shape index (κ3) is 4.01. The fraction of sp³-hybridized carbons (Fsp3) is 0.316. The minimum absolute atomic E-state index is 0.0206. The van der Waals surface area contributed by atoms with Crippen molar-refractivity contribution in [1.82, 2.24) is 4.90 Å². The number of carbonyl (C=O) groups is 1. The van der Waals surface area contributed by atoms with Crippen LogP contribution in [0.25, 0.3) is 0 Å². The Morgan fingerprint density at radius 3 is 2.67 bits per heavy atom. The second-order valence-electron chi connectivity index (χ2n) is 6.27. The van der Waals surface area contributed by atoms with Crippen LogP contribution in [-0.2, 0) is 0 Å². The van der Waals surface area contributed by atoms with Gasteiger partial charge in [0.05, 0.1) is 0 Å². The SMILES string of the molecule is Cc1cccc(N2CCN(C(=O)Nc3cccc(I)c3)CC2C)c1. The maximum absolute atomic E-state index is 12.5. The van der Waals surface area contributed by atoms with E-state index in [1.807, 2.05) is 29.2 Å². The van der Waals surface area contributed by atoms with Crippen molar-refractivity contribution in [3.8, 4) is 0 Å². The van der Waals surface area contributed by atoms with Gasteiger partial charge in [0.2, 0.25) is 0 Å². The number of anilines is 2. The lowest BCUT2D eigenvalue weighted by atomic mass is 10.1. The molecule has 0 aliphatic carbocycles. The first-order valence-corrected chi connectivity index (χ1v) is 9.25. The van der Waals surface area contributed by atoms with Crippen LogP contribution in [-0.4, -0.2) is 36.6 Å². The summed E-state index contributed by atoms with van der Waals surface area (Å²) < 4.78 is 1.11. The van der Waals surface area contributed by atoms with E-state index in [1.54, 1.807) is 0 Å². The lowest BCUT2D eigenvalue weighted by molar-refractivity contribution is 0.200. The van der Waals surface area contributed by atoms with Crippen LogP contribution in [0, 0.1) is 10.5 Å². The number of carbonyl (C=O) groups excluding carboxylic acids is 1. The molecule has 1 fully saturated rings. The van der Waals surface area contributed by atoms with Gasteiger partial charge in [-0.1, -0.05) is 18.2 Å². The number of hydrogen-bond acceptors (Lipinski definition) is 2. The van der Waals surface area contributed by atoms with Crippen molar-refractivity contribution in [2.75, 3.05) is 29.9 Å². The van der Waals surface area contributed by atoms with Crippen LogP contribution in [0.4, 0.5) is 16.2 Å². The molecule has 24 heavy (non-hydrogen) atoms. The molecule has 5 heteroatoms. The second-order valence-corrected chi connectivity index (χ2v) is 7.51. The maximum atomic E-state index is 12.5. The van der Waals surface area contributed by atoms with Crippen molar-refractivity contribution >= 4 is 40.0 Å². The van der Waals surface area contributed by atoms with Gasteiger partial charge in [0.25, 0.3) is 0 Å². The van der Waals surface area contributed by atoms with Gasteiger partial charge in [0.15, 0.2) is 0 Å². The van der Waals surface area contributed by atoms with Crippen molar-refractivity contribution in [3.63, 3.8) is 0 Å². The molecule has 1 unspecified atom stereocenters. The summed E-state index contributed by atoms with van der Waals surface area (Å²) in [5, 5.41) is 3.00. The first-order valence-electron chi connectivity index (χ1n) is 8.18. The van der Waals surface area contributed by atoms with Crippen LogP contribution in [0.5, 0.6) is 0 Å². The Balaban J connectivity index is 1.63. The third-order valence-electron chi connectivity index (χ3n) is 4.32. The minimum atomic E-state index is -0.0206. The summed E-state index contributed by atoms with van der Waals surface area (Å²) in [6.07, 6.45) is 0. The van der Waals surface area contributed by atoms with Crippen molar-refractivity contribution in [2.24, 2.45) is 0 Å². The zero-order valence-corrected chi connectivity index (χ0v) is 16.2. The molecule has 0 bridgehead atoms. The summed E-state index contributed by atoms with van der Waals surface area (Å²) in [6, 6.07) is 16.7. The van der Waals surface area contributed by atoms with E-state index >= 15 is 0 Å². The van der Waals surface area contributed by atoms with Gasteiger partial charge in [0.1, 0.15) is 0 Å². The average molecular weight is 435 g/mol. The van der Waals surface area contributed by atoms with E-state index in [-0.39, 0.29) is 6.03 Å². The highest BCUT2D eigenvalue weighted by Crippen LogP contribution is 2.22. The number of halogens is 1. The number of benzene rings is 2. The molecule has 2 amide bonds. The quantitative estimate of drug-likeness (QED) is 0.713. The van der Waals surface area contributed by atoms with Crippen molar-refractivity contribution in [2.45, 2.75) is 19.9 Å². The molecule has 1 atom stereocenters. The average Bonchev–Trinajstić information content (AvgIpc) is 2.54. The molecule has 3 rings (SSSR count). The van der Waals surface area contributed by atoms with E-state index < -0.39 is 0 Å². The number of rotatable bonds is 2. The van der Waals surface area contributed by atoms with Gasteiger partial charge in [-0.3, -0.25) is 0 Å². The van der Waals surface area contributed by atoms with Gasteiger partial charge in [-0.2, -0.15) is 0 Å². The minimum Gasteiger partial charge on any atom is -0.365 e. The largest absolute Gasteiger partial charge is 0.365 e. The maximum Gasteiger partial charge on any atom is 0.321 e. The Labute approximate surface area is 157 Å². The molecular formula is C19H22IN3O. The van der Waals surface area contributed by atoms with Crippen LogP contribution in [0.3, 0.4) is 0 Å². The number of amides is 2. The normalized spacial score (nSPS) is 17.7. The van der Waals surface area contributed by atoms with E-state index in [0.717, 1.165) is 28.9 Å². The highest BCUT2D eigenvalue weighted by Gasteiger charge is 2.27. The van der Waals surface area contributed by atoms with E-state index in [4.69, 9.17) is 0 Å². The molecule has 0 radical (unpaired) electrons. The van der Waals surface area contributed by atoms with E-state index in [1.165, 1.54) is 11.3 Å².